The van der Waals surface area contributed by atoms with E-state index in [0.29, 0.717) is 5.02 Å². The van der Waals surface area contributed by atoms with Crippen LogP contribution in [0.4, 0.5) is 4.39 Å². The normalized spacial score (nSPS) is 11.5. The van der Waals surface area contributed by atoms with Crippen molar-refractivity contribution in [2.45, 2.75) is 11.4 Å². The fourth-order valence-corrected chi connectivity index (χ4v) is 3.71. The molecule has 2 aromatic carbocycles. The van der Waals surface area contributed by atoms with Crippen LogP contribution >= 0.6 is 11.6 Å². The van der Waals surface area contributed by atoms with Crippen LogP contribution in [0.5, 0.6) is 0 Å². The first kappa shape index (κ1) is 20.3. The van der Waals surface area contributed by atoms with Gasteiger partial charge in [0.15, 0.2) is 0 Å². The SMILES string of the molecule is O=C(CN(Cc1ccccc1F)S(=O)(=O)c1ccc(Cl)cc1)NCCO. The summed E-state index contributed by atoms with van der Waals surface area (Å²) in [6.07, 6.45) is 0. The van der Waals surface area contributed by atoms with Crippen molar-refractivity contribution in [3.05, 3.63) is 64.9 Å². The van der Waals surface area contributed by atoms with Crippen molar-refractivity contribution in [3.8, 4) is 0 Å². The fourth-order valence-electron chi connectivity index (χ4n) is 2.21. The van der Waals surface area contributed by atoms with Crippen LogP contribution in [-0.2, 0) is 21.4 Å². The van der Waals surface area contributed by atoms with Crippen LogP contribution in [0, 0.1) is 5.82 Å². The maximum atomic E-state index is 14.0. The second-order valence-electron chi connectivity index (χ2n) is 5.39. The van der Waals surface area contributed by atoms with Crippen molar-refractivity contribution in [1.82, 2.24) is 9.62 Å². The van der Waals surface area contributed by atoms with Gasteiger partial charge in [-0.3, -0.25) is 4.79 Å². The van der Waals surface area contributed by atoms with Gasteiger partial charge in [-0.1, -0.05) is 29.8 Å². The largest absolute Gasteiger partial charge is 0.395 e. The van der Waals surface area contributed by atoms with Crippen molar-refractivity contribution in [1.29, 1.82) is 0 Å². The summed E-state index contributed by atoms with van der Waals surface area (Å²) in [4.78, 5) is 11.9. The van der Waals surface area contributed by atoms with Gasteiger partial charge in [0.25, 0.3) is 0 Å². The van der Waals surface area contributed by atoms with E-state index in [4.69, 9.17) is 16.7 Å². The highest BCUT2D eigenvalue weighted by atomic mass is 35.5. The maximum Gasteiger partial charge on any atom is 0.243 e. The summed E-state index contributed by atoms with van der Waals surface area (Å²) < 4.78 is 40.6. The minimum absolute atomic E-state index is 0.00658. The molecule has 0 radical (unpaired) electrons. The number of hydrogen-bond donors (Lipinski definition) is 2. The summed E-state index contributed by atoms with van der Waals surface area (Å²) in [6, 6.07) is 11.2. The highest BCUT2D eigenvalue weighted by molar-refractivity contribution is 7.89. The molecular formula is C17H18ClFN2O4S. The van der Waals surface area contributed by atoms with Crippen LogP contribution in [-0.4, -0.2) is 43.4 Å². The quantitative estimate of drug-likeness (QED) is 0.707. The molecule has 0 fully saturated rings. The molecule has 0 heterocycles. The summed E-state index contributed by atoms with van der Waals surface area (Å²) in [6.45, 7) is -1.11. The maximum absolute atomic E-state index is 14.0. The van der Waals surface area contributed by atoms with Crippen LogP contribution in [0.3, 0.4) is 0 Å². The Morgan fingerprint density at radius 3 is 2.42 bits per heavy atom. The van der Waals surface area contributed by atoms with E-state index in [1.807, 2.05) is 0 Å². The summed E-state index contributed by atoms with van der Waals surface area (Å²) >= 11 is 5.79. The van der Waals surface area contributed by atoms with Crippen LogP contribution in [0.15, 0.2) is 53.4 Å². The van der Waals surface area contributed by atoms with E-state index >= 15 is 0 Å². The molecule has 0 spiro atoms. The Labute approximate surface area is 156 Å². The number of amides is 1. The predicted molar refractivity (Wildman–Crippen MR) is 95.5 cm³/mol. The van der Waals surface area contributed by atoms with Gasteiger partial charge in [0.2, 0.25) is 15.9 Å². The lowest BCUT2D eigenvalue weighted by Gasteiger charge is -2.22. The highest BCUT2D eigenvalue weighted by Crippen LogP contribution is 2.21. The van der Waals surface area contributed by atoms with E-state index in [2.05, 4.69) is 5.32 Å². The lowest BCUT2D eigenvalue weighted by molar-refractivity contribution is -0.121. The van der Waals surface area contributed by atoms with Crippen molar-refractivity contribution in [2.24, 2.45) is 0 Å². The molecule has 2 rings (SSSR count). The summed E-state index contributed by atoms with van der Waals surface area (Å²) in [5.74, 6) is -1.17. The number of hydrogen-bond acceptors (Lipinski definition) is 4. The zero-order chi connectivity index (χ0) is 19.2. The van der Waals surface area contributed by atoms with Gasteiger partial charge >= 0.3 is 0 Å². The topological polar surface area (TPSA) is 86.7 Å². The van der Waals surface area contributed by atoms with Gasteiger partial charge in [0.05, 0.1) is 18.0 Å². The molecule has 0 atom stereocenters. The molecule has 0 bridgehead atoms. The average molecular weight is 401 g/mol. The van der Waals surface area contributed by atoms with Gasteiger partial charge in [0, 0.05) is 23.7 Å². The molecule has 26 heavy (non-hydrogen) atoms. The number of carbonyl (C=O) groups is 1. The number of rotatable bonds is 8. The Balaban J connectivity index is 2.34. The monoisotopic (exact) mass is 400 g/mol. The van der Waals surface area contributed by atoms with Crippen LogP contribution < -0.4 is 5.32 Å². The minimum atomic E-state index is -4.07. The molecule has 0 saturated heterocycles. The molecule has 1 amide bonds. The third-order valence-corrected chi connectivity index (χ3v) is 5.57. The number of carbonyl (C=O) groups excluding carboxylic acids is 1. The Morgan fingerprint density at radius 2 is 1.81 bits per heavy atom. The molecule has 9 heteroatoms. The van der Waals surface area contributed by atoms with Crippen molar-refractivity contribution < 1.29 is 22.7 Å². The summed E-state index contributed by atoms with van der Waals surface area (Å²) in [5, 5.41) is 11.5. The second-order valence-corrected chi connectivity index (χ2v) is 7.77. The Morgan fingerprint density at radius 1 is 1.15 bits per heavy atom. The van der Waals surface area contributed by atoms with E-state index in [0.717, 1.165) is 4.31 Å². The standard InChI is InChI=1S/C17H18ClFN2O4S/c18-14-5-7-15(8-6-14)26(24,25)21(12-17(23)20-9-10-22)11-13-3-1-2-4-16(13)19/h1-8,22H,9-12H2,(H,20,23). The molecule has 2 aromatic rings. The molecule has 2 N–H and O–H groups in total. The number of nitrogens with zero attached hydrogens (tertiary/aromatic N) is 1. The molecule has 0 aliphatic carbocycles. The first-order valence-corrected chi connectivity index (χ1v) is 9.53. The lowest BCUT2D eigenvalue weighted by Crippen LogP contribution is -2.41. The zero-order valence-electron chi connectivity index (χ0n) is 13.7. The first-order valence-electron chi connectivity index (χ1n) is 7.71. The summed E-state index contributed by atoms with van der Waals surface area (Å²) in [7, 11) is -4.07. The number of aliphatic hydroxyl groups is 1. The molecule has 6 nitrogen and oxygen atoms in total. The summed E-state index contributed by atoms with van der Waals surface area (Å²) in [5.41, 5.74) is 0.139. The van der Waals surface area contributed by atoms with Crippen LogP contribution in [0.2, 0.25) is 5.02 Å². The number of aliphatic hydroxyl groups excluding tert-OH is 1. The van der Waals surface area contributed by atoms with E-state index in [1.165, 1.54) is 42.5 Å². The Hall–Kier alpha value is -2.00. The Kier molecular flexibility index (Phi) is 7.10. The van der Waals surface area contributed by atoms with E-state index in [1.54, 1.807) is 6.07 Å². The van der Waals surface area contributed by atoms with Gasteiger partial charge in [-0.25, -0.2) is 12.8 Å². The predicted octanol–water partition coefficient (Wildman–Crippen LogP) is 1.78. The molecular weight excluding hydrogens is 383 g/mol. The third-order valence-electron chi connectivity index (χ3n) is 3.51. The van der Waals surface area contributed by atoms with E-state index in [9.17, 15) is 17.6 Å². The number of nitrogens with one attached hydrogen (secondary N) is 1. The number of benzene rings is 2. The second kappa shape index (κ2) is 9.09. The van der Waals surface area contributed by atoms with Crippen molar-refractivity contribution in [3.63, 3.8) is 0 Å². The van der Waals surface area contributed by atoms with Crippen molar-refractivity contribution >= 4 is 27.5 Å². The molecule has 0 aromatic heterocycles. The van der Waals surface area contributed by atoms with E-state index in [-0.39, 0.29) is 30.2 Å². The zero-order valence-corrected chi connectivity index (χ0v) is 15.3. The van der Waals surface area contributed by atoms with Gasteiger partial charge < -0.3 is 10.4 Å². The molecule has 140 valence electrons. The molecule has 0 unspecified atom stereocenters. The smallest absolute Gasteiger partial charge is 0.243 e. The number of sulfonamides is 1. The molecule has 0 saturated carbocycles. The van der Waals surface area contributed by atoms with Gasteiger partial charge in [-0.05, 0) is 30.3 Å². The first-order chi connectivity index (χ1) is 12.3. The van der Waals surface area contributed by atoms with Gasteiger partial charge in [-0.2, -0.15) is 4.31 Å². The van der Waals surface area contributed by atoms with Crippen LogP contribution in [0.25, 0.3) is 0 Å². The van der Waals surface area contributed by atoms with E-state index < -0.39 is 28.3 Å². The van der Waals surface area contributed by atoms with Gasteiger partial charge in [-0.15, -0.1) is 0 Å². The molecule has 0 aliphatic heterocycles. The van der Waals surface area contributed by atoms with Crippen molar-refractivity contribution in [2.75, 3.05) is 19.7 Å². The lowest BCUT2D eigenvalue weighted by atomic mass is 10.2. The van der Waals surface area contributed by atoms with Crippen LogP contribution in [0.1, 0.15) is 5.56 Å². The third kappa shape index (κ3) is 5.25. The average Bonchev–Trinajstić information content (AvgIpc) is 2.61. The van der Waals surface area contributed by atoms with Gasteiger partial charge in [0.1, 0.15) is 5.82 Å². The molecule has 0 aliphatic rings. The minimum Gasteiger partial charge on any atom is -0.395 e. The highest BCUT2D eigenvalue weighted by Gasteiger charge is 2.27. The fraction of sp³-hybridized carbons (Fsp3) is 0.235. The Bertz CT molecular complexity index is 859. The number of halogens is 2.